The van der Waals surface area contributed by atoms with Crippen LogP contribution in [0.5, 0.6) is 0 Å². The van der Waals surface area contributed by atoms with Gasteiger partial charge in [-0.1, -0.05) is 72.1 Å². The molecule has 0 rings (SSSR count). The summed E-state index contributed by atoms with van der Waals surface area (Å²) >= 11 is 0. The van der Waals surface area contributed by atoms with E-state index in [9.17, 15) is 0 Å². The molecule has 0 aromatic heterocycles. The molecule has 106 valence electrons. The largest absolute Gasteiger partial charge is 0.396 e. The van der Waals surface area contributed by atoms with E-state index in [1.165, 1.54) is 57.8 Å². The smallest absolute Gasteiger partial charge is 0.0431 e. The van der Waals surface area contributed by atoms with E-state index in [-0.39, 0.29) is 6.15 Å². The number of hydrogen-bond acceptors (Lipinski definition) is 2. The van der Waals surface area contributed by atoms with Gasteiger partial charge in [0, 0.05) is 6.61 Å². The third-order valence-electron chi connectivity index (χ3n) is 3.08. The van der Waals surface area contributed by atoms with Crippen LogP contribution in [0.1, 0.15) is 85.0 Å². The maximum absolute atomic E-state index is 8.63. The average Bonchev–Trinajstić information content (AvgIpc) is 2.19. The number of aliphatic hydroxyl groups excluding tert-OH is 1. The molecule has 0 unspecified atom stereocenters. The van der Waals surface area contributed by atoms with Crippen LogP contribution in [0.15, 0.2) is 0 Å². The van der Waals surface area contributed by atoms with Crippen LogP contribution < -0.4 is 6.15 Å². The number of aliphatic hydroxyl groups is 1. The van der Waals surface area contributed by atoms with Crippen molar-refractivity contribution in [2.24, 2.45) is 5.41 Å². The molecule has 17 heavy (non-hydrogen) atoms. The first-order valence-electron chi connectivity index (χ1n) is 7.17. The van der Waals surface area contributed by atoms with Gasteiger partial charge in [-0.2, -0.15) is 0 Å². The number of unbranched alkanes of at least 4 members (excludes halogenated alkanes) is 8. The molecule has 2 nitrogen and oxygen atoms in total. The van der Waals surface area contributed by atoms with Gasteiger partial charge in [0.25, 0.3) is 0 Å². The Morgan fingerprint density at radius 3 is 1.35 bits per heavy atom. The van der Waals surface area contributed by atoms with Crippen molar-refractivity contribution < 1.29 is 5.11 Å². The van der Waals surface area contributed by atoms with Gasteiger partial charge in [-0.3, -0.25) is 0 Å². The molecule has 0 bridgehead atoms. The summed E-state index contributed by atoms with van der Waals surface area (Å²) < 4.78 is 0. The Kier molecular flexibility index (Phi) is 14.0. The standard InChI is InChI=1S/C15H32O.H3N/c1-15(2,3)13-11-9-7-5-4-6-8-10-12-14-16;/h16H,4-14H2,1-3H3;1H3. The summed E-state index contributed by atoms with van der Waals surface area (Å²) in [5.74, 6) is 0. The first-order valence-corrected chi connectivity index (χ1v) is 7.17. The second kappa shape index (κ2) is 12.4. The van der Waals surface area contributed by atoms with Crippen molar-refractivity contribution in [3.63, 3.8) is 0 Å². The minimum absolute atomic E-state index is 0. The van der Waals surface area contributed by atoms with Gasteiger partial charge >= 0.3 is 0 Å². The predicted molar refractivity (Wildman–Crippen MR) is 77.7 cm³/mol. The third kappa shape index (κ3) is 18.5. The van der Waals surface area contributed by atoms with Crippen LogP contribution in [0.25, 0.3) is 0 Å². The minimum Gasteiger partial charge on any atom is -0.396 e. The molecule has 0 aromatic rings. The first-order chi connectivity index (χ1) is 7.56. The summed E-state index contributed by atoms with van der Waals surface area (Å²) in [6.07, 6.45) is 13.2. The maximum Gasteiger partial charge on any atom is 0.0431 e. The minimum atomic E-state index is 0. The Labute approximate surface area is 109 Å². The van der Waals surface area contributed by atoms with Crippen LogP contribution in [-0.2, 0) is 0 Å². The normalized spacial score (nSPS) is 11.3. The van der Waals surface area contributed by atoms with Gasteiger partial charge in [-0.25, -0.2) is 0 Å². The van der Waals surface area contributed by atoms with Crippen molar-refractivity contribution >= 4 is 0 Å². The molecule has 2 heteroatoms. The highest BCUT2D eigenvalue weighted by atomic mass is 16.2. The Balaban J connectivity index is 0. The van der Waals surface area contributed by atoms with E-state index < -0.39 is 0 Å². The van der Waals surface area contributed by atoms with Crippen LogP contribution in [0.2, 0.25) is 0 Å². The fraction of sp³-hybridized carbons (Fsp3) is 1.00. The Bertz CT molecular complexity index is 140. The lowest BCUT2D eigenvalue weighted by molar-refractivity contribution is 0.282. The van der Waals surface area contributed by atoms with Gasteiger partial charge in [-0.15, -0.1) is 0 Å². The van der Waals surface area contributed by atoms with E-state index in [0.29, 0.717) is 12.0 Å². The van der Waals surface area contributed by atoms with Gasteiger partial charge in [0.1, 0.15) is 0 Å². The lowest BCUT2D eigenvalue weighted by atomic mass is 9.89. The van der Waals surface area contributed by atoms with Crippen molar-refractivity contribution in [3.8, 4) is 0 Å². The summed E-state index contributed by atoms with van der Waals surface area (Å²) in [5, 5.41) is 8.63. The summed E-state index contributed by atoms with van der Waals surface area (Å²) in [5.41, 5.74) is 0.518. The van der Waals surface area contributed by atoms with Crippen LogP contribution in [-0.4, -0.2) is 11.7 Å². The molecule has 0 aromatic carbocycles. The van der Waals surface area contributed by atoms with Gasteiger partial charge < -0.3 is 11.3 Å². The van der Waals surface area contributed by atoms with Crippen molar-refractivity contribution in [1.82, 2.24) is 6.15 Å². The van der Waals surface area contributed by atoms with Crippen molar-refractivity contribution in [2.75, 3.05) is 6.61 Å². The molecular formula is C15H35NO. The average molecular weight is 245 g/mol. The molecule has 0 radical (unpaired) electrons. The molecule has 0 heterocycles. The van der Waals surface area contributed by atoms with Crippen molar-refractivity contribution in [1.29, 1.82) is 0 Å². The summed E-state index contributed by atoms with van der Waals surface area (Å²) in [7, 11) is 0. The van der Waals surface area contributed by atoms with Crippen LogP contribution in [0.4, 0.5) is 0 Å². The summed E-state index contributed by atoms with van der Waals surface area (Å²) in [4.78, 5) is 0. The zero-order chi connectivity index (χ0) is 12.3. The quantitative estimate of drug-likeness (QED) is 0.527. The molecule has 0 saturated heterocycles. The van der Waals surface area contributed by atoms with E-state index in [2.05, 4.69) is 20.8 Å². The second-order valence-corrected chi connectivity index (χ2v) is 6.22. The van der Waals surface area contributed by atoms with Gasteiger partial charge in [0.05, 0.1) is 0 Å². The monoisotopic (exact) mass is 245 g/mol. The van der Waals surface area contributed by atoms with Crippen LogP contribution in [0.3, 0.4) is 0 Å². The van der Waals surface area contributed by atoms with Crippen LogP contribution >= 0.6 is 0 Å². The third-order valence-corrected chi connectivity index (χ3v) is 3.08. The SMILES string of the molecule is CC(C)(C)CCCCCCCCCCCO.N. The van der Waals surface area contributed by atoms with E-state index in [0.717, 1.165) is 6.42 Å². The highest BCUT2D eigenvalue weighted by Gasteiger charge is 2.08. The van der Waals surface area contributed by atoms with Gasteiger partial charge in [0.2, 0.25) is 0 Å². The molecular weight excluding hydrogens is 210 g/mol. The summed E-state index contributed by atoms with van der Waals surface area (Å²) in [6, 6.07) is 0. The molecule has 0 saturated carbocycles. The Morgan fingerprint density at radius 2 is 1.00 bits per heavy atom. The maximum atomic E-state index is 8.63. The zero-order valence-corrected chi connectivity index (χ0v) is 12.4. The lowest BCUT2D eigenvalue weighted by Crippen LogP contribution is -2.03. The second-order valence-electron chi connectivity index (χ2n) is 6.22. The zero-order valence-electron chi connectivity index (χ0n) is 12.4. The molecule has 0 atom stereocenters. The molecule has 0 fully saturated rings. The fourth-order valence-electron chi connectivity index (χ4n) is 2.00. The molecule has 0 aliphatic rings. The first kappa shape index (κ1) is 19.3. The highest BCUT2D eigenvalue weighted by molar-refractivity contribution is 4.61. The van der Waals surface area contributed by atoms with Crippen molar-refractivity contribution in [3.05, 3.63) is 0 Å². The molecule has 0 aliphatic heterocycles. The molecule has 0 spiro atoms. The molecule has 4 N–H and O–H groups in total. The summed E-state index contributed by atoms with van der Waals surface area (Å²) in [6.45, 7) is 7.35. The Morgan fingerprint density at radius 1 is 0.647 bits per heavy atom. The van der Waals surface area contributed by atoms with E-state index >= 15 is 0 Å². The number of rotatable bonds is 10. The van der Waals surface area contributed by atoms with Crippen molar-refractivity contribution in [2.45, 2.75) is 85.0 Å². The Hall–Kier alpha value is -0.0800. The van der Waals surface area contributed by atoms with Gasteiger partial charge in [0.15, 0.2) is 0 Å². The number of hydrogen-bond donors (Lipinski definition) is 2. The fourth-order valence-corrected chi connectivity index (χ4v) is 2.00. The molecule has 0 amide bonds. The van der Waals surface area contributed by atoms with Gasteiger partial charge in [-0.05, 0) is 18.3 Å². The topological polar surface area (TPSA) is 55.2 Å². The van der Waals surface area contributed by atoms with Crippen LogP contribution in [0, 0.1) is 5.41 Å². The van der Waals surface area contributed by atoms with E-state index in [4.69, 9.17) is 5.11 Å². The van der Waals surface area contributed by atoms with E-state index in [1.807, 2.05) is 0 Å². The lowest BCUT2D eigenvalue weighted by Gasteiger charge is -2.17. The predicted octanol–water partition coefficient (Wildman–Crippen LogP) is 5.09. The highest BCUT2D eigenvalue weighted by Crippen LogP contribution is 2.22. The van der Waals surface area contributed by atoms with E-state index in [1.54, 1.807) is 0 Å². The molecule has 0 aliphatic carbocycles.